The van der Waals surface area contributed by atoms with Crippen molar-refractivity contribution < 1.29 is 13.2 Å². The Morgan fingerprint density at radius 3 is 2.33 bits per heavy atom. The van der Waals surface area contributed by atoms with Gasteiger partial charge in [0.15, 0.2) is 0 Å². The molecule has 1 saturated heterocycles. The first-order chi connectivity index (χ1) is 11.2. The van der Waals surface area contributed by atoms with E-state index < -0.39 is 15.4 Å². The van der Waals surface area contributed by atoms with Crippen LogP contribution in [0.15, 0.2) is 29.2 Å². The number of primary amides is 1. The number of rotatable bonds is 7. The Morgan fingerprint density at radius 1 is 1.25 bits per heavy atom. The minimum atomic E-state index is -3.72. The van der Waals surface area contributed by atoms with E-state index in [-0.39, 0.29) is 21.6 Å². The van der Waals surface area contributed by atoms with Crippen molar-refractivity contribution in [2.75, 3.05) is 0 Å². The van der Waals surface area contributed by atoms with E-state index in [0.717, 1.165) is 31.2 Å². The summed E-state index contributed by atoms with van der Waals surface area (Å²) in [5, 5.41) is 8.10. The maximum Gasteiger partial charge on any atom is 0.244 e. The number of nitrogens with two attached hydrogens (primary N) is 2. The molecule has 0 aliphatic carbocycles. The fraction of sp³-hybridized carbons (Fsp3) is 0.562. The summed E-state index contributed by atoms with van der Waals surface area (Å²) in [6.07, 6.45) is 3.70. The molecular formula is C16H25N3O3S2. The molecule has 0 aromatic heterocycles. The maximum atomic E-state index is 11.7. The molecule has 0 radical (unpaired) electrons. The highest BCUT2D eigenvalue weighted by molar-refractivity contribution is 8.01. The SMILES string of the molecule is CCCC1NC(C(N)=O)SC1(CCC)c1ccc(S(N)(=O)=O)cc1. The minimum absolute atomic E-state index is 0.0901. The largest absolute Gasteiger partial charge is 0.368 e. The minimum Gasteiger partial charge on any atom is -0.368 e. The number of primary sulfonamides is 1. The first-order valence-corrected chi connectivity index (χ1v) is 10.5. The van der Waals surface area contributed by atoms with Crippen molar-refractivity contribution in [3.8, 4) is 0 Å². The molecule has 5 N–H and O–H groups in total. The third-order valence-corrected chi connectivity index (χ3v) is 7.05. The molecule has 24 heavy (non-hydrogen) atoms. The fourth-order valence-corrected chi connectivity index (χ4v) is 5.56. The normalized spacial score (nSPS) is 27.3. The lowest BCUT2D eigenvalue weighted by atomic mass is 9.84. The number of carbonyl (C=O) groups excluding carboxylic acids is 1. The van der Waals surface area contributed by atoms with Gasteiger partial charge < -0.3 is 5.73 Å². The van der Waals surface area contributed by atoms with Gasteiger partial charge in [0.25, 0.3) is 0 Å². The lowest BCUT2D eigenvalue weighted by molar-refractivity contribution is -0.118. The molecule has 134 valence electrons. The smallest absolute Gasteiger partial charge is 0.244 e. The van der Waals surface area contributed by atoms with Crippen molar-refractivity contribution in [1.82, 2.24) is 5.32 Å². The number of carbonyl (C=O) groups is 1. The molecule has 3 unspecified atom stereocenters. The van der Waals surface area contributed by atoms with Gasteiger partial charge in [0.1, 0.15) is 5.37 Å². The molecule has 1 heterocycles. The van der Waals surface area contributed by atoms with Crippen molar-refractivity contribution in [1.29, 1.82) is 0 Å². The van der Waals surface area contributed by atoms with Gasteiger partial charge in [0.05, 0.1) is 9.64 Å². The number of amides is 1. The van der Waals surface area contributed by atoms with Crippen LogP contribution in [0.5, 0.6) is 0 Å². The third kappa shape index (κ3) is 3.77. The van der Waals surface area contributed by atoms with Crippen LogP contribution >= 0.6 is 11.8 Å². The summed E-state index contributed by atoms with van der Waals surface area (Å²) in [4.78, 5) is 11.8. The predicted octanol–water partition coefficient (Wildman–Crippen LogP) is 1.65. The zero-order chi connectivity index (χ0) is 18.0. The van der Waals surface area contributed by atoms with E-state index >= 15 is 0 Å². The lowest BCUT2D eigenvalue weighted by Gasteiger charge is -2.34. The molecule has 1 aliphatic rings. The van der Waals surface area contributed by atoms with Crippen LogP contribution in [0.4, 0.5) is 0 Å². The Labute approximate surface area is 147 Å². The number of sulfonamides is 1. The number of nitrogens with one attached hydrogen (secondary N) is 1. The average Bonchev–Trinajstić information content (AvgIpc) is 2.88. The van der Waals surface area contributed by atoms with Crippen LogP contribution in [0, 0.1) is 0 Å². The van der Waals surface area contributed by atoms with E-state index in [0.29, 0.717) is 0 Å². The summed E-state index contributed by atoms with van der Waals surface area (Å²) in [5.41, 5.74) is 6.51. The van der Waals surface area contributed by atoms with Crippen LogP contribution in [0.3, 0.4) is 0 Å². The summed E-state index contributed by atoms with van der Waals surface area (Å²) < 4.78 is 22.7. The van der Waals surface area contributed by atoms with Crippen molar-refractivity contribution in [2.24, 2.45) is 10.9 Å². The predicted molar refractivity (Wildman–Crippen MR) is 96.8 cm³/mol. The van der Waals surface area contributed by atoms with Crippen LogP contribution in [0.25, 0.3) is 0 Å². The summed E-state index contributed by atoms with van der Waals surface area (Å²) in [6, 6.07) is 6.77. The molecule has 1 aliphatic heterocycles. The van der Waals surface area contributed by atoms with Crippen LogP contribution < -0.4 is 16.2 Å². The van der Waals surface area contributed by atoms with Crippen molar-refractivity contribution in [3.63, 3.8) is 0 Å². The van der Waals surface area contributed by atoms with Gasteiger partial charge in [-0.2, -0.15) is 0 Å². The second kappa shape index (κ2) is 7.43. The van der Waals surface area contributed by atoms with Gasteiger partial charge in [0, 0.05) is 6.04 Å². The third-order valence-electron chi connectivity index (χ3n) is 4.37. The average molecular weight is 372 g/mol. The molecule has 1 aromatic carbocycles. The lowest BCUT2D eigenvalue weighted by Crippen LogP contribution is -2.42. The van der Waals surface area contributed by atoms with E-state index in [1.165, 1.54) is 23.9 Å². The summed E-state index contributed by atoms with van der Waals surface area (Å²) >= 11 is 1.54. The Balaban J connectivity index is 2.46. The van der Waals surface area contributed by atoms with Crippen LogP contribution in [0.2, 0.25) is 0 Å². The molecule has 8 heteroatoms. The van der Waals surface area contributed by atoms with Gasteiger partial charge in [-0.1, -0.05) is 38.8 Å². The Hall–Kier alpha value is -1.09. The van der Waals surface area contributed by atoms with Crippen LogP contribution in [-0.4, -0.2) is 25.7 Å². The van der Waals surface area contributed by atoms with Crippen LogP contribution in [0.1, 0.15) is 45.1 Å². The first kappa shape index (κ1) is 19.2. The molecule has 3 atom stereocenters. The number of hydrogen-bond donors (Lipinski definition) is 3. The van der Waals surface area contributed by atoms with Crippen molar-refractivity contribution in [2.45, 2.75) is 60.6 Å². The summed E-state index contributed by atoms with van der Waals surface area (Å²) in [5.74, 6) is -0.375. The molecule has 6 nitrogen and oxygen atoms in total. The maximum absolute atomic E-state index is 11.7. The number of thioether (sulfide) groups is 1. The van der Waals surface area contributed by atoms with Gasteiger partial charge in [-0.25, -0.2) is 13.6 Å². The van der Waals surface area contributed by atoms with E-state index in [9.17, 15) is 13.2 Å². The highest BCUT2D eigenvalue weighted by Gasteiger charge is 2.49. The van der Waals surface area contributed by atoms with Gasteiger partial charge >= 0.3 is 0 Å². The second-order valence-electron chi connectivity index (χ2n) is 6.12. The van der Waals surface area contributed by atoms with Gasteiger partial charge in [0.2, 0.25) is 15.9 Å². The Kier molecular flexibility index (Phi) is 5.95. The Morgan fingerprint density at radius 2 is 1.88 bits per heavy atom. The fourth-order valence-electron chi connectivity index (χ4n) is 3.33. The molecule has 1 aromatic rings. The van der Waals surface area contributed by atoms with Crippen molar-refractivity contribution in [3.05, 3.63) is 29.8 Å². The van der Waals surface area contributed by atoms with E-state index in [1.54, 1.807) is 12.1 Å². The van der Waals surface area contributed by atoms with Crippen molar-refractivity contribution >= 4 is 27.7 Å². The molecule has 0 spiro atoms. The highest BCUT2D eigenvalue weighted by Crippen LogP contribution is 2.51. The molecule has 1 amide bonds. The Bertz CT molecular complexity index is 691. The molecule has 0 bridgehead atoms. The molecule has 2 rings (SSSR count). The quantitative estimate of drug-likeness (QED) is 0.674. The molecule has 1 fully saturated rings. The summed E-state index contributed by atoms with van der Waals surface area (Å²) in [6.45, 7) is 4.20. The topological polar surface area (TPSA) is 115 Å². The van der Waals surface area contributed by atoms with E-state index in [1.807, 2.05) is 0 Å². The highest BCUT2D eigenvalue weighted by atomic mass is 32.2. The summed E-state index contributed by atoms with van der Waals surface area (Å²) in [7, 11) is -3.72. The standard InChI is InChI=1S/C16H25N3O3S2/c1-3-5-13-16(10-4-2,23-15(19-13)14(17)20)11-6-8-12(9-7-11)24(18,21)22/h6-9,13,15,19H,3-5,10H2,1-2H3,(H2,17,20)(H2,18,21,22). The van der Waals surface area contributed by atoms with Gasteiger partial charge in [-0.3, -0.25) is 10.1 Å². The zero-order valence-electron chi connectivity index (χ0n) is 14.0. The van der Waals surface area contributed by atoms with Gasteiger partial charge in [-0.15, -0.1) is 11.8 Å². The van der Waals surface area contributed by atoms with Crippen LogP contribution in [-0.2, 0) is 19.6 Å². The zero-order valence-corrected chi connectivity index (χ0v) is 15.6. The number of hydrogen-bond acceptors (Lipinski definition) is 5. The molecular weight excluding hydrogens is 346 g/mol. The first-order valence-electron chi connectivity index (χ1n) is 8.11. The second-order valence-corrected chi connectivity index (χ2v) is 9.11. The number of benzene rings is 1. The van der Waals surface area contributed by atoms with Gasteiger partial charge in [-0.05, 0) is 30.5 Å². The monoisotopic (exact) mass is 371 g/mol. The van der Waals surface area contributed by atoms with E-state index in [2.05, 4.69) is 19.2 Å². The van der Waals surface area contributed by atoms with E-state index in [4.69, 9.17) is 10.9 Å². The molecule has 0 saturated carbocycles.